The Morgan fingerprint density at radius 3 is 2.80 bits per heavy atom. The van der Waals surface area contributed by atoms with Gasteiger partial charge in [-0.3, -0.25) is 0 Å². The van der Waals surface area contributed by atoms with Crippen LogP contribution in [0.2, 0.25) is 5.02 Å². The smallest absolute Gasteiger partial charge is 0.115 e. The van der Waals surface area contributed by atoms with Gasteiger partial charge >= 0.3 is 0 Å². The Bertz CT molecular complexity index is 334. The highest BCUT2D eigenvalue weighted by Gasteiger charge is 2.09. The molecule has 15 heavy (non-hydrogen) atoms. The van der Waals surface area contributed by atoms with Gasteiger partial charge in [0.05, 0.1) is 12.8 Å². The number of ether oxygens (including phenoxy) is 1. The summed E-state index contributed by atoms with van der Waals surface area (Å²) in [5, 5.41) is 4.09. The third-order valence-corrected chi connectivity index (χ3v) is 2.65. The molecule has 0 amide bonds. The molecule has 1 N–H and O–H groups in total. The van der Waals surface area contributed by atoms with E-state index in [0.717, 1.165) is 30.1 Å². The van der Waals surface area contributed by atoms with Gasteiger partial charge in [-0.1, -0.05) is 11.6 Å². The number of halogens is 1. The summed E-state index contributed by atoms with van der Waals surface area (Å²) in [6, 6.07) is 7.71. The SMILES string of the molecule is Clc1ccc(NCC2CCC=CO2)cc1. The number of anilines is 1. The van der Waals surface area contributed by atoms with Crippen molar-refractivity contribution in [2.45, 2.75) is 18.9 Å². The van der Waals surface area contributed by atoms with Gasteiger partial charge in [-0.25, -0.2) is 0 Å². The van der Waals surface area contributed by atoms with Crippen LogP contribution in [0.1, 0.15) is 12.8 Å². The average molecular weight is 224 g/mol. The van der Waals surface area contributed by atoms with E-state index in [1.807, 2.05) is 24.3 Å². The van der Waals surface area contributed by atoms with Gasteiger partial charge in [0.25, 0.3) is 0 Å². The van der Waals surface area contributed by atoms with E-state index in [1.165, 1.54) is 0 Å². The number of rotatable bonds is 3. The summed E-state index contributed by atoms with van der Waals surface area (Å²) in [7, 11) is 0. The summed E-state index contributed by atoms with van der Waals surface area (Å²) >= 11 is 5.80. The van der Waals surface area contributed by atoms with Crippen molar-refractivity contribution in [1.29, 1.82) is 0 Å². The van der Waals surface area contributed by atoms with Crippen molar-refractivity contribution < 1.29 is 4.74 Å². The second-order valence-corrected chi connectivity index (χ2v) is 4.03. The van der Waals surface area contributed by atoms with E-state index in [2.05, 4.69) is 11.4 Å². The molecule has 1 aromatic rings. The summed E-state index contributed by atoms with van der Waals surface area (Å²) in [6.07, 6.45) is 6.31. The highest BCUT2D eigenvalue weighted by molar-refractivity contribution is 6.30. The molecule has 1 aromatic carbocycles. The number of hydrogen-bond donors (Lipinski definition) is 1. The van der Waals surface area contributed by atoms with Crippen LogP contribution in [0.4, 0.5) is 5.69 Å². The molecule has 0 bridgehead atoms. The Kier molecular flexibility index (Phi) is 3.51. The van der Waals surface area contributed by atoms with Crippen molar-refractivity contribution >= 4 is 17.3 Å². The number of benzene rings is 1. The van der Waals surface area contributed by atoms with E-state index < -0.39 is 0 Å². The molecule has 0 saturated heterocycles. The summed E-state index contributed by atoms with van der Waals surface area (Å²) in [5.41, 5.74) is 1.08. The largest absolute Gasteiger partial charge is 0.497 e. The topological polar surface area (TPSA) is 21.3 Å². The fourth-order valence-corrected chi connectivity index (χ4v) is 1.66. The molecule has 0 saturated carbocycles. The van der Waals surface area contributed by atoms with Crippen molar-refractivity contribution in [3.05, 3.63) is 41.6 Å². The maximum Gasteiger partial charge on any atom is 0.115 e. The molecular weight excluding hydrogens is 210 g/mol. The second-order valence-electron chi connectivity index (χ2n) is 3.60. The molecular formula is C12H14ClNO. The third-order valence-electron chi connectivity index (χ3n) is 2.40. The average Bonchev–Trinajstić information content (AvgIpc) is 2.30. The lowest BCUT2D eigenvalue weighted by Gasteiger charge is -2.20. The number of hydrogen-bond acceptors (Lipinski definition) is 2. The fraction of sp³-hybridized carbons (Fsp3) is 0.333. The first-order valence-electron chi connectivity index (χ1n) is 5.14. The van der Waals surface area contributed by atoms with Gasteiger partial charge in [-0.05, 0) is 43.2 Å². The van der Waals surface area contributed by atoms with Crippen LogP contribution < -0.4 is 5.32 Å². The van der Waals surface area contributed by atoms with Gasteiger partial charge in [-0.15, -0.1) is 0 Å². The Balaban J connectivity index is 1.82. The first-order valence-corrected chi connectivity index (χ1v) is 5.52. The molecule has 1 aliphatic rings. The molecule has 0 aromatic heterocycles. The minimum Gasteiger partial charge on any atom is -0.497 e. The van der Waals surface area contributed by atoms with E-state index in [-0.39, 0.29) is 6.10 Å². The fourth-order valence-electron chi connectivity index (χ4n) is 1.53. The van der Waals surface area contributed by atoms with Crippen molar-refractivity contribution in [3.8, 4) is 0 Å². The van der Waals surface area contributed by atoms with E-state index in [9.17, 15) is 0 Å². The first-order chi connectivity index (χ1) is 7.34. The molecule has 3 heteroatoms. The molecule has 1 atom stereocenters. The van der Waals surface area contributed by atoms with Crippen molar-refractivity contribution in [1.82, 2.24) is 0 Å². The zero-order valence-corrected chi connectivity index (χ0v) is 9.20. The molecule has 2 nitrogen and oxygen atoms in total. The highest BCUT2D eigenvalue weighted by atomic mass is 35.5. The number of nitrogens with one attached hydrogen (secondary N) is 1. The second kappa shape index (κ2) is 5.08. The van der Waals surface area contributed by atoms with Crippen molar-refractivity contribution in [3.63, 3.8) is 0 Å². The quantitative estimate of drug-likeness (QED) is 0.848. The zero-order valence-electron chi connectivity index (χ0n) is 8.45. The minimum absolute atomic E-state index is 0.283. The Hall–Kier alpha value is -1.15. The Labute approximate surface area is 94.9 Å². The Morgan fingerprint density at radius 2 is 2.13 bits per heavy atom. The van der Waals surface area contributed by atoms with E-state index in [4.69, 9.17) is 16.3 Å². The van der Waals surface area contributed by atoms with Crippen LogP contribution in [0, 0.1) is 0 Å². The van der Waals surface area contributed by atoms with Crippen LogP contribution in [0.5, 0.6) is 0 Å². The minimum atomic E-state index is 0.283. The summed E-state index contributed by atoms with van der Waals surface area (Å²) in [5.74, 6) is 0. The summed E-state index contributed by atoms with van der Waals surface area (Å²) in [6.45, 7) is 0.839. The maximum atomic E-state index is 5.80. The lowest BCUT2D eigenvalue weighted by atomic mass is 10.1. The monoisotopic (exact) mass is 223 g/mol. The standard InChI is InChI=1S/C12H14ClNO/c13-10-4-6-11(7-5-10)14-9-12-3-1-2-8-15-12/h2,4-8,12,14H,1,3,9H2. The molecule has 80 valence electrons. The van der Waals surface area contributed by atoms with Crippen molar-refractivity contribution in [2.75, 3.05) is 11.9 Å². The van der Waals surface area contributed by atoms with Crippen LogP contribution >= 0.6 is 11.6 Å². The van der Waals surface area contributed by atoms with Crippen LogP contribution in [0.15, 0.2) is 36.6 Å². The predicted octanol–water partition coefficient (Wildman–Crippen LogP) is 3.44. The molecule has 0 fully saturated rings. The lowest BCUT2D eigenvalue weighted by molar-refractivity contribution is 0.135. The molecule has 2 rings (SSSR count). The van der Waals surface area contributed by atoms with Gasteiger partial charge < -0.3 is 10.1 Å². The lowest BCUT2D eigenvalue weighted by Crippen LogP contribution is -2.22. The number of allylic oxidation sites excluding steroid dienone is 1. The van der Waals surface area contributed by atoms with E-state index in [1.54, 1.807) is 6.26 Å². The zero-order chi connectivity index (χ0) is 10.5. The van der Waals surface area contributed by atoms with E-state index >= 15 is 0 Å². The first kappa shape index (κ1) is 10.4. The van der Waals surface area contributed by atoms with Gasteiger partial charge in [0, 0.05) is 10.7 Å². The molecule has 0 radical (unpaired) electrons. The van der Waals surface area contributed by atoms with E-state index in [0.29, 0.717) is 0 Å². The van der Waals surface area contributed by atoms with Crippen LogP contribution in [0.25, 0.3) is 0 Å². The molecule has 1 aliphatic heterocycles. The predicted molar refractivity (Wildman–Crippen MR) is 63.2 cm³/mol. The maximum absolute atomic E-state index is 5.80. The highest BCUT2D eigenvalue weighted by Crippen LogP contribution is 2.15. The van der Waals surface area contributed by atoms with Gasteiger partial charge in [-0.2, -0.15) is 0 Å². The van der Waals surface area contributed by atoms with Crippen LogP contribution in [-0.4, -0.2) is 12.6 Å². The van der Waals surface area contributed by atoms with Crippen LogP contribution in [-0.2, 0) is 4.74 Å². The summed E-state index contributed by atoms with van der Waals surface area (Å²) < 4.78 is 5.45. The molecule has 0 spiro atoms. The third kappa shape index (κ3) is 3.17. The van der Waals surface area contributed by atoms with Gasteiger partial charge in [0.1, 0.15) is 6.10 Å². The van der Waals surface area contributed by atoms with Gasteiger partial charge in [0.2, 0.25) is 0 Å². The normalized spacial score (nSPS) is 19.7. The molecule has 1 unspecified atom stereocenters. The van der Waals surface area contributed by atoms with Crippen molar-refractivity contribution in [2.24, 2.45) is 0 Å². The molecule has 1 heterocycles. The molecule has 0 aliphatic carbocycles. The van der Waals surface area contributed by atoms with Gasteiger partial charge in [0.15, 0.2) is 0 Å². The summed E-state index contributed by atoms with van der Waals surface area (Å²) in [4.78, 5) is 0. The van der Waals surface area contributed by atoms with Crippen LogP contribution in [0.3, 0.4) is 0 Å². The Morgan fingerprint density at radius 1 is 1.33 bits per heavy atom.